The van der Waals surface area contributed by atoms with E-state index in [1.165, 1.54) is 23.5 Å². The van der Waals surface area contributed by atoms with Crippen molar-refractivity contribution in [3.05, 3.63) is 46.4 Å². The summed E-state index contributed by atoms with van der Waals surface area (Å²) in [4.78, 5) is 16.5. The van der Waals surface area contributed by atoms with Crippen molar-refractivity contribution in [1.82, 2.24) is 15.0 Å². The number of rotatable bonds is 7. The van der Waals surface area contributed by atoms with E-state index in [1.54, 1.807) is 17.6 Å². The molecule has 1 atom stereocenters. The van der Waals surface area contributed by atoms with E-state index in [2.05, 4.69) is 15.0 Å². The van der Waals surface area contributed by atoms with Gasteiger partial charge in [0.15, 0.2) is 0 Å². The predicted molar refractivity (Wildman–Crippen MR) is 94.1 cm³/mol. The first kappa shape index (κ1) is 18.0. The molecule has 1 aliphatic heterocycles. The third kappa shape index (κ3) is 4.85. The Morgan fingerprint density at radius 1 is 1.40 bits per heavy atom. The average Bonchev–Trinajstić information content (AvgIpc) is 3.28. The van der Waals surface area contributed by atoms with E-state index < -0.39 is 10.0 Å². The number of amides is 1. The van der Waals surface area contributed by atoms with Crippen LogP contribution >= 0.6 is 11.3 Å². The van der Waals surface area contributed by atoms with Gasteiger partial charge in [-0.15, -0.1) is 11.3 Å². The molecule has 0 aliphatic carbocycles. The van der Waals surface area contributed by atoms with Crippen LogP contribution in [0.5, 0.6) is 0 Å². The maximum Gasteiger partial charge on any atom is 0.251 e. The minimum atomic E-state index is -3.67. The van der Waals surface area contributed by atoms with Crippen LogP contribution in [0.1, 0.15) is 22.5 Å². The summed E-state index contributed by atoms with van der Waals surface area (Å²) in [6.45, 7) is 1.36. The highest BCUT2D eigenvalue weighted by Crippen LogP contribution is 2.14. The first-order valence-corrected chi connectivity index (χ1v) is 10.3. The van der Waals surface area contributed by atoms with Crippen molar-refractivity contribution in [1.29, 1.82) is 0 Å². The largest absolute Gasteiger partial charge is 0.380 e. The second-order valence-corrected chi connectivity index (χ2v) is 8.13. The Hall–Kier alpha value is -1.81. The van der Waals surface area contributed by atoms with Crippen LogP contribution in [0.2, 0.25) is 0 Å². The average molecular weight is 381 g/mol. The Balaban J connectivity index is 1.62. The van der Waals surface area contributed by atoms with Crippen molar-refractivity contribution >= 4 is 27.3 Å². The summed E-state index contributed by atoms with van der Waals surface area (Å²) in [6.07, 6.45) is 1.28. The van der Waals surface area contributed by atoms with Gasteiger partial charge in [-0.3, -0.25) is 4.79 Å². The van der Waals surface area contributed by atoms with Crippen molar-refractivity contribution in [2.24, 2.45) is 0 Å². The molecule has 1 amide bonds. The summed E-state index contributed by atoms with van der Waals surface area (Å²) < 4.78 is 32.6. The number of hydrogen-bond acceptors (Lipinski definition) is 6. The molecule has 1 fully saturated rings. The van der Waals surface area contributed by atoms with Gasteiger partial charge in [-0.1, -0.05) is 6.07 Å². The van der Waals surface area contributed by atoms with E-state index in [1.807, 2.05) is 5.38 Å². The summed E-state index contributed by atoms with van der Waals surface area (Å²) >= 11 is 1.51. The predicted octanol–water partition coefficient (Wildman–Crippen LogP) is 1.18. The Morgan fingerprint density at radius 2 is 2.28 bits per heavy atom. The monoisotopic (exact) mass is 381 g/mol. The molecule has 25 heavy (non-hydrogen) atoms. The van der Waals surface area contributed by atoms with Crippen LogP contribution in [0, 0.1) is 0 Å². The first-order valence-electron chi connectivity index (χ1n) is 7.90. The van der Waals surface area contributed by atoms with E-state index in [-0.39, 0.29) is 16.8 Å². The smallest absolute Gasteiger partial charge is 0.251 e. The SMILES string of the molecule is O=C(NCCc1cscn1)c1cccc(S(=O)(=O)N[C@H]2CCOC2)c1. The molecule has 3 rings (SSSR count). The number of ether oxygens (including phenoxy) is 1. The number of carbonyl (C=O) groups excluding carboxylic acids is 1. The highest BCUT2D eigenvalue weighted by atomic mass is 32.2. The van der Waals surface area contributed by atoms with Crippen LogP contribution in [0.25, 0.3) is 0 Å². The normalized spacial score (nSPS) is 17.5. The Bertz CT molecular complexity index is 816. The van der Waals surface area contributed by atoms with Crippen LogP contribution in [0.3, 0.4) is 0 Å². The number of hydrogen-bond donors (Lipinski definition) is 2. The molecular weight excluding hydrogens is 362 g/mol. The lowest BCUT2D eigenvalue weighted by Gasteiger charge is -2.12. The van der Waals surface area contributed by atoms with Gasteiger partial charge in [0.05, 0.1) is 22.7 Å². The summed E-state index contributed by atoms with van der Waals surface area (Å²) in [7, 11) is -3.67. The van der Waals surface area contributed by atoms with E-state index in [0.29, 0.717) is 38.2 Å². The molecule has 2 heterocycles. The Labute approximate surface area is 150 Å². The summed E-state index contributed by atoms with van der Waals surface area (Å²) in [5.41, 5.74) is 2.97. The number of nitrogens with zero attached hydrogens (tertiary/aromatic N) is 1. The summed E-state index contributed by atoms with van der Waals surface area (Å²) in [5, 5.41) is 4.71. The molecule has 0 spiro atoms. The van der Waals surface area contributed by atoms with Crippen LogP contribution in [0.4, 0.5) is 0 Å². The third-order valence-corrected chi connectivity index (χ3v) is 5.96. The zero-order valence-electron chi connectivity index (χ0n) is 13.5. The second kappa shape index (κ2) is 8.05. The van der Waals surface area contributed by atoms with Crippen LogP contribution in [0.15, 0.2) is 40.1 Å². The first-order chi connectivity index (χ1) is 12.0. The molecule has 0 radical (unpaired) electrons. The van der Waals surface area contributed by atoms with E-state index in [9.17, 15) is 13.2 Å². The number of thiazole rings is 1. The van der Waals surface area contributed by atoms with E-state index in [0.717, 1.165) is 5.69 Å². The molecule has 1 aliphatic rings. The number of nitrogens with one attached hydrogen (secondary N) is 2. The van der Waals surface area contributed by atoms with E-state index >= 15 is 0 Å². The molecule has 0 unspecified atom stereocenters. The molecular formula is C16H19N3O4S2. The Morgan fingerprint density at radius 3 is 3.00 bits per heavy atom. The summed E-state index contributed by atoms with van der Waals surface area (Å²) in [6, 6.07) is 5.80. The minimum Gasteiger partial charge on any atom is -0.380 e. The van der Waals surface area contributed by atoms with Crippen LogP contribution in [-0.4, -0.2) is 45.1 Å². The maximum absolute atomic E-state index is 12.4. The standard InChI is InChI=1S/C16H19N3O4S2/c20-16(17-6-4-14-10-24-11-18-14)12-2-1-3-15(8-12)25(21,22)19-13-5-7-23-9-13/h1-3,8,10-11,13,19H,4-7,9H2,(H,17,20)/t13-/m0/s1. The van der Waals surface area contributed by atoms with Gasteiger partial charge >= 0.3 is 0 Å². The minimum absolute atomic E-state index is 0.0755. The molecule has 1 aromatic heterocycles. The molecule has 2 aromatic rings. The van der Waals surface area contributed by atoms with Gasteiger partial charge < -0.3 is 10.1 Å². The van der Waals surface area contributed by atoms with Gasteiger partial charge in [-0.05, 0) is 24.6 Å². The lowest BCUT2D eigenvalue weighted by atomic mass is 10.2. The van der Waals surface area contributed by atoms with Crippen molar-refractivity contribution < 1.29 is 17.9 Å². The van der Waals surface area contributed by atoms with E-state index in [4.69, 9.17) is 4.74 Å². The van der Waals surface area contributed by atoms with Gasteiger partial charge in [0, 0.05) is 36.6 Å². The zero-order valence-corrected chi connectivity index (χ0v) is 15.1. The third-order valence-electron chi connectivity index (χ3n) is 3.81. The molecule has 0 bridgehead atoms. The number of carbonyl (C=O) groups is 1. The van der Waals surface area contributed by atoms with Gasteiger partial charge in [0.1, 0.15) is 0 Å². The molecule has 0 saturated carbocycles. The lowest BCUT2D eigenvalue weighted by Crippen LogP contribution is -2.35. The number of sulfonamides is 1. The number of benzene rings is 1. The highest BCUT2D eigenvalue weighted by molar-refractivity contribution is 7.89. The van der Waals surface area contributed by atoms with Crippen LogP contribution in [-0.2, 0) is 21.2 Å². The molecule has 2 N–H and O–H groups in total. The lowest BCUT2D eigenvalue weighted by molar-refractivity contribution is 0.0954. The second-order valence-electron chi connectivity index (χ2n) is 5.70. The molecule has 7 nitrogen and oxygen atoms in total. The van der Waals surface area contributed by atoms with Crippen LogP contribution < -0.4 is 10.0 Å². The molecule has 134 valence electrons. The fourth-order valence-electron chi connectivity index (χ4n) is 2.49. The van der Waals surface area contributed by atoms with Gasteiger partial charge in [-0.25, -0.2) is 18.1 Å². The molecule has 1 saturated heterocycles. The Kier molecular flexibility index (Phi) is 5.79. The van der Waals surface area contributed by atoms with Crippen molar-refractivity contribution in [2.75, 3.05) is 19.8 Å². The van der Waals surface area contributed by atoms with Crippen molar-refractivity contribution in [3.63, 3.8) is 0 Å². The molecule has 1 aromatic carbocycles. The van der Waals surface area contributed by atoms with Gasteiger partial charge in [0.25, 0.3) is 5.91 Å². The topological polar surface area (TPSA) is 97.4 Å². The quantitative estimate of drug-likeness (QED) is 0.751. The molecule has 9 heteroatoms. The fraction of sp³-hybridized carbons (Fsp3) is 0.375. The van der Waals surface area contributed by atoms with Crippen molar-refractivity contribution in [3.8, 4) is 0 Å². The fourth-order valence-corrected chi connectivity index (χ4v) is 4.38. The highest BCUT2D eigenvalue weighted by Gasteiger charge is 2.24. The van der Waals surface area contributed by atoms with Gasteiger partial charge in [0.2, 0.25) is 10.0 Å². The zero-order chi connectivity index (χ0) is 17.7. The number of aromatic nitrogens is 1. The maximum atomic E-state index is 12.4. The summed E-state index contributed by atoms with van der Waals surface area (Å²) in [5.74, 6) is -0.309. The van der Waals surface area contributed by atoms with Gasteiger partial charge in [-0.2, -0.15) is 0 Å². The van der Waals surface area contributed by atoms with Crippen molar-refractivity contribution in [2.45, 2.75) is 23.8 Å².